The van der Waals surface area contributed by atoms with E-state index in [2.05, 4.69) is 20.3 Å². The molecule has 0 radical (unpaired) electrons. The Kier molecular flexibility index (Phi) is 6.39. The first-order valence-corrected chi connectivity index (χ1v) is 9.41. The van der Waals surface area contributed by atoms with E-state index in [1.165, 1.54) is 0 Å². The Labute approximate surface area is 169 Å². The lowest BCUT2D eigenvalue weighted by molar-refractivity contribution is 0.0937. The zero-order valence-electron chi connectivity index (χ0n) is 16.7. The minimum atomic E-state index is -0.529. The summed E-state index contributed by atoms with van der Waals surface area (Å²) >= 11 is 0. The monoisotopic (exact) mass is 392 g/mol. The fraction of sp³-hybridized carbons (Fsp3) is 0.273. The van der Waals surface area contributed by atoms with Crippen LogP contribution in [-0.2, 0) is 6.42 Å². The molecule has 0 saturated carbocycles. The van der Waals surface area contributed by atoms with E-state index < -0.39 is 17.6 Å². The molecule has 0 spiro atoms. The topological polar surface area (TPSA) is 97.0 Å². The fourth-order valence-corrected chi connectivity index (χ4v) is 3.09. The van der Waals surface area contributed by atoms with Crippen LogP contribution in [0.5, 0.6) is 5.75 Å². The van der Waals surface area contributed by atoms with Gasteiger partial charge in [0.15, 0.2) is 0 Å². The second kappa shape index (κ2) is 9.14. The van der Waals surface area contributed by atoms with Gasteiger partial charge in [-0.3, -0.25) is 9.78 Å². The molecule has 0 fully saturated rings. The van der Waals surface area contributed by atoms with Gasteiger partial charge in [0, 0.05) is 18.1 Å². The number of methoxy groups -OCH3 is 1. The van der Waals surface area contributed by atoms with Gasteiger partial charge in [0.25, 0.3) is 5.91 Å². The number of ether oxygens (including phenoxy) is 1. The van der Waals surface area contributed by atoms with Crippen molar-refractivity contribution >= 4 is 5.91 Å². The van der Waals surface area contributed by atoms with Gasteiger partial charge in [-0.15, -0.1) is 0 Å². The standard InChI is InChI=1S/C22H24N4O3/c1-14(2)12-17-13-19(25-22(28)24-17)21(27)26-20(16-8-10-23-11-9-16)15-4-6-18(29-3)7-5-15/h4-11,13-14,20H,12H2,1-3H3,(H,26,27)(H,24,25,28). The molecule has 2 aromatic heterocycles. The molecule has 0 aliphatic rings. The fourth-order valence-electron chi connectivity index (χ4n) is 3.09. The molecule has 29 heavy (non-hydrogen) atoms. The van der Waals surface area contributed by atoms with Crippen molar-refractivity contribution in [3.05, 3.63) is 87.9 Å². The number of hydrogen-bond donors (Lipinski definition) is 2. The van der Waals surface area contributed by atoms with Crippen LogP contribution in [0.4, 0.5) is 0 Å². The highest BCUT2D eigenvalue weighted by atomic mass is 16.5. The van der Waals surface area contributed by atoms with E-state index in [1.54, 1.807) is 25.6 Å². The molecular weight excluding hydrogens is 368 g/mol. The molecule has 1 aromatic carbocycles. The Morgan fingerprint density at radius 3 is 2.38 bits per heavy atom. The van der Waals surface area contributed by atoms with Gasteiger partial charge in [-0.25, -0.2) is 4.79 Å². The molecule has 1 unspecified atom stereocenters. The third-order valence-corrected chi connectivity index (χ3v) is 4.43. The van der Waals surface area contributed by atoms with Crippen molar-refractivity contribution in [2.24, 2.45) is 5.92 Å². The van der Waals surface area contributed by atoms with Crippen molar-refractivity contribution in [2.45, 2.75) is 26.3 Å². The number of benzene rings is 1. The number of aromatic nitrogens is 3. The van der Waals surface area contributed by atoms with Crippen LogP contribution < -0.4 is 15.7 Å². The highest BCUT2D eigenvalue weighted by Gasteiger charge is 2.20. The van der Waals surface area contributed by atoms with Crippen LogP contribution in [0.25, 0.3) is 0 Å². The van der Waals surface area contributed by atoms with E-state index >= 15 is 0 Å². The number of carbonyl (C=O) groups excluding carboxylic acids is 1. The summed E-state index contributed by atoms with van der Waals surface area (Å²) in [5.41, 5.74) is 1.99. The summed E-state index contributed by atoms with van der Waals surface area (Å²) in [6.45, 7) is 4.09. The van der Waals surface area contributed by atoms with Gasteiger partial charge in [-0.1, -0.05) is 26.0 Å². The molecule has 0 saturated heterocycles. The number of hydrogen-bond acceptors (Lipinski definition) is 5. The van der Waals surface area contributed by atoms with Gasteiger partial charge in [0.05, 0.1) is 13.2 Å². The number of nitrogens with one attached hydrogen (secondary N) is 2. The maximum atomic E-state index is 12.9. The number of rotatable bonds is 7. The summed E-state index contributed by atoms with van der Waals surface area (Å²) < 4.78 is 5.22. The zero-order valence-corrected chi connectivity index (χ0v) is 16.7. The van der Waals surface area contributed by atoms with Crippen molar-refractivity contribution in [2.75, 3.05) is 7.11 Å². The van der Waals surface area contributed by atoms with Crippen molar-refractivity contribution in [3.63, 3.8) is 0 Å². The third kappa shape index (κ3) is 5.28. The molecule has 1 atom stereocenters. The van der Waals surface area contributed by atoms with Crippen LogP contribution in [0.1, 0.15) is 47.2 Å². The quantitative estimate of drug-likeness (QED) is 0.644. The SMILES string of the molecule is COc1ccc(C(NC(=O)c2cc(CC(C)C)[nH]c(=O)n2)c2ccncc2)cc1. The average molecular weight is 392 g/mol. The average Bonchev–Trinajstić information content (AvgIpc) is 2.71. The summed E-state index contributed by atoms with van der Waals surface area (Å²) in [7, 11) is 1.60. The van der Waals surface area contributed by atoms with E-state index in [9.17, 15) is 9.59 Å². The number of nitrogens with zero attached hydrogens (tertiary/aromatic N) is 2. The third-order valence-electron chi connectivity index (χ3n) is 4.43. The van der Waals surface area contributed by atoms with Crippen LogP contribution in [0.15, 0.2) is 59.7 Å². The molecule has 3 rings (SSSR count). The normalized spacial score (nSPS) is 11.9. The summed E-state index contributed by atoms with van der Waals surface area (Å²) in [5.74, 6) is 0.648. The number of H-pyrrole nitrogens is 1. The summed E-state index contributed by atoms with van der Waals surface area (Å²) in [5, 5.41) is 2.99. The van der Waals surface area contributed by atoms with Crippen LogP contribution in [0.2, 0.25) is 0 Å². The number of aromatic amines is 1. The molecule has 1 amide bonds. The molecule has 0 bridgehead atoms. The Morgan fingerprint density at radius 1 is 1.10 bits per heavy atom. The molecule has 2 N–H and O–H groups in total. The van der Waals surface area contributed by atoms with E-state index in [0.717, 1.165) is 16.9 Å². The lowest BCUT2D eigenvalue weighted by Gasteiger charge is -2.20. The van der Waals surface area contributed by atoms with E-state index in [-0.39, 0.29) is 5.69 Å². The lowest BCUT2D eigenvalue weighted by atomic mass is 9.99. The Bertz CT molecular complexity index is 1010. The number of carbonyl (C=O) groups is 1. The zero-order chi connectivity index (χ0) is 20.8. The minimum absolute atomic E-state index is 0.0944. The maximum absolute atomic E-state index is 12.9. The second-order valence-electron chi connectivity index (χ2n) is 7.15. The highest BCUT2D eigenvalue weighted by molar-refractivity contribution is 5.92. The van der Waals surface area contributed by atoms with E-state index in [0.29, 0.717) is 18.0 Å². The van der Waals surface area contributed by atoms with Gasteiger partial charge in [-0.2, -0.15) is 4.98 Å². The van der Waals surface area contributed by atoms with Crippen LogP contribution in [0.3, 0.4) is 0 Å². The van der Waals surface area contributed by atoms with Crippen molar-refractivity contribution in [1.29, 1.82) is 0 Å². The van der Waals surface area contributed by atoms with Gasteiger partial charge in [0.2, 0.25) is 0 Å². The van der Waals surface area contributed by atoms with E-state index in [4.69, 9.17) is 4.74 Å². The van der Waals surface area contributed by atoms with Crippen LogP contribution in [-0.4, -0.2) is 28.0 Å². The lowest BCUT2D eigenvalue weighted by Crippen LogP contribution is -2.32. The van der Waals surface area contributed by atoms with Gasteiger partial charge in [0.1, 0.15) is 11.4 Å². The Balaban J connectivity index is 1.92. The summed E-state index contributed by atoms with van der Waals surface area (Å²) in [6, 6.07) is 12.3. The van der Waals surface area contributed by atoms with Gasteiger partial charge in [-0.05, 0) is 53.8 Å². The minimum Gasteiger partial charge on any atom is -0.497 e. The summed E-state index contributed by atoms with van der Waals surface area (Å²) in [4.78, 5) is 35.5. The Hall–Kier alpha value is -3.48. The van der Waals surface area contributed by atoms with Crippen molar-refractivity contribution < 1.29 is 9.53 Å². The molecule has 3 aromatic rings. The van der Waals surface area contributed by atoms with Crippen LogP contribution >= 0.6 is 0 Å². The molecule has 150 valence electrons. The highest BCUT2D eigenvalue weighted by Crippen LogP contribution is 2.24. The summed E-state index contributed by atoms with van der Waals surface area (Å²) in [6.07, 6.45) is 4.00. The largest absolute Gasteiger partial charge is 0.497 e. The smallest absolute Gasteiger partial charge is 0.345 e. The first-order valence-electron chi connectivity index (χ1n) is 9.41. The van der Waals surface area contributed by atoms with E-state index in [1.807, 2.05) is 50.2 Å². The first kappa shape index (κ1) is 20.3. The molecule has 0 aliphatic carbocycles. The Morgan fingerprint density at radius 2 is 1.76 bits per heavy atom. The molecule has 7 nitrogen and oxygen atoms in total. The predicted octanol–water partition coefficient (Wildman–Crippen LogP) is 2.89. The molecule has 2 heterocycles. The van der Waals surface area contributed by atoms with Crippen LogP contribution in [0, 0.1) is 5.92 Å². The number of pyridine rings is 1. The predicted molar refractivity (Wildman–Crippen MR) is 110 cm³/mol. The first-order chi connectivity index (χ1) is 14.0. The molecular formula is C22H24N4O3. The van der Waals surface area contributed by atoms with Crippen molar-refractivity contribution in [1.82, 2.24) is 20.3 Å². The second-order valence-corrected chi connectivity index (χ2v) is 7.15. The number of amides is 1. The maximum Gasteiger partial charge on any atom is 0.345 e. The van der Waals surface area contributed by atoms with Crippen molar-refractivity contribution in [3.8, 4) is 5.75 Å². The molecule has 7 heteroatoms. The van der Waals surface area contributed by atoms with Gasteiger partial charge >= 0.3 is 5.69 Å². The molecule has 0 aliphatic heterocycles. The van der Waals surface area contributed by atoms with Gasteiger partial charge < -0.3 is 15.0 Å².